The summed E-state index contributed by atoms with van der Waals surface area (Å²) >= 11 is 9.14. The first-order valence-electron chi connectivity index (χ1n) is 6.65. The van der Waals surface area contributed by atoms with Crippen molar-refractivity contribution in [2.75, 3.05) is 13.2 Å². The van der Waals surface area contributed by atoms with Gasteiger partial charge < -0.3 is 9.30 Å². The van der Waals surface area contributed by atoms with Crippen LogP contribution in [0, 0.1) is 5.82 Å². The van der Waals surface area contributed by atoms with E-state index in [-0.39, 0.29) is 5.82 Å². The fraction of sp³-hybridized carbons (Fsp3) is 0.500. The molecule has 6 heteroatoms. The topological polar surface area (TPSA) is 27.1 Å². The number of hydrogen-bond donors (Lipinski definition) is 0. The third kappa shape index (κ3) is 3.51. The largest absolute Gasteiger partial charge is 0.381 e. The quantitative estimate of drug-likeness (QED) is 0.535. The number of halogens is 3. The molecular formula is C14H17BrClFN2O. The molecule has 0 aliphatic rings. The van der Waals surface area contributed by atoms with Gasteiger partial charge in [0.2, 0.25) is 0 Å². The highest BCUT2D eigenvalue weighted by Crippen LogP contribution is 2.25. The maximum absolute atomic E-state index is 13.5. The van der Waals surface area contributed by atoms with Crippen molar-refractivity contribution in [2.45, 2.75) is 32.2 Å². The molecule has 110 valence electrons. The van der Waals surface area contributed by atoms with Crippen LogP contribution < -0.4 is 0 Å². The van der Waals surface area contributed by atoms with E-state index in [1.54, 1.807) is 6.07 Å². The summed E-state index contributed by atoms with van der Waals surface area (Å²) in [7, 11) is 0. The molecule has 0 unspecified atom stereocenters. The Hall–Kier alpha value is -0.650. The van der Waals surface area contributed by atoms with E-state index in [1.807, 2.05) is 4.57 Å². The second kappa shape index (κ2) is 7.38. The summed E-state index contributed by atoms with van der Waals surface area (Å²) in [4.78, 5) is 4.38. The van der Waals surface area contributed by atoms with Gasteiger partial charge >= 0.3 is 0 Å². The van der Waals surface area contributed by atoms with Crippen molar-refractivity contribution in [1.29, 1.82) is 0 Å². The standard InChI is InChI=1S/C14H17BrClFN2O/c1-2-5-20-6-3-4-19-13-7-10(15)11(17)8-12(13)18-14(19)9-16/h7-8H,2-6,9H2,1H3. The Morgan fingerprint density at radius 3 is 2.90 bits per heavy atom. The smallest absolute Gasteiger partial charge is 0.139 e. The molecule has 1 aromatic heterocycles. The first-order chi connectivity index (χ1) is 9.67. The highest BCUT2D eigenvalue weighted by molar-refractivity contribution is 9.10. The lowest BCUT2D eigenvalue weighted by Crippen LogP contribution is -2.06. The molecule has 0 saturated heterocycles. The Morgan fingerprint density at radius 1 is 1.40 bits per heavy atom. The van der Waals surface area contributed by atoms with E-state index in [4.69, 9.17) is 16.3 Å². The predicted molar refractivity (Wildman–Crippen MR) is 82.7 cm³/mol. The minimum absolute atomic E-state index is 0.309. The van der Waals surface area contributed by atoms with E-state index in [1.165, 1.54) is 6.07 Å². The molecule has 0 saturated carbocycles. The van der Waals surface area contributed by atoms with E-state index in [2.05, 4.69) is 27.8 Å². The van der Waals surface area contributed by atoms with E-state index in [9.17, 15) is 4.39 Å². The van der Waals surface area contributed by atoms with Crippen LogP contribution in [-0.4, -0.2) is 22.8 Å². The number of nitrogens with zero attached hydrogens (tertiary/aromatic N) is 2. The zero-order chi connectivity index (χ0) is 14.5. The highest BCUT2D eigenvalue weighted by Gasteiger charge is 2.12. The second-order valence-corrected chi connectivity index (χ2v) is 5.66. The second-order valence-electron chi connectivity index (χ2n) is 4.53. The number of aromatic nitrogens is 2. The Kier molecular flexibility index (Phi) is 5.81. The number of imidazole rings is 1. The van der Waals surface area contributed by atoms with Crippen LogP contribution in [0.25, 0.3) is 11.0 Å². The van der Waals surface area contributed by atoms with E-state index in [0.29, 0.717) is 22.5 Å². The minimum Gasteiger partial charge on any atom is -0.381 e. The van der Waals surface area contributed by atoms with Crippen LogP contribution in [0.5, 0.6) is 0 Å². The number of benzene rings is 1. The van der Waals surface area contributed by atoms with Gasteiger partial charge in [-0.3, -0.25) is 0 Å². The van der Waals surface area contributed by atoms with Gasteiger partial charge in [0.1, 0.15) is 11.6 Å². The van der Waals surface area contributed by atoms with Crippen LogP contribution in [0.15, 0.2) is 16.6 Å². The van der Waals surface area contributed by atoms with Gasteiger partial charge in [0.25, 0.3) is 0 Å². The molecule has 0 atom stereocenters. The third-order valence-corrected chi connectivity index (χ3v) is 3.85. The molecule has 1 aromatic carbocycles. The van der Waals surface area contributed by atoms with E-state index in [0.717, 1.165) is 37.3 Å². The van der Waals surface area contributed by atoms with Crippen LogP contribution in [0.3, 0.4) is 0 Å². The number of fused-ring (bicyclic) bond motifs is 1. The molecule has 2 rings (SSSR count). The van der Waals surface area contributed by atoms with Crippen molar-refractivity contribution < 1.29 is 9.13 Å². The molecule has 0 spiro atoms. The molecule has 0 aliphatic heterocycles. The van der Waals surface area contributed by atoms with Crippen LogP contribution in [0.2, 0.25) is 0 Å². The average Bonchev–Trinajstić information content (AvgIpc) is 2.76. The number of ether oxygens (including phenoxy) is 1. The van der Waals surface area contributed by atoms with Crippen LogP contribution in [-0.2, 0) is 17.2 Å². The monoisotopic (exact) mass is 362 g/mol. The van der Waals surface area contributed by atoms with Crippen molar-refractivity contribution in [3.8, 4) is 0 Å². The SMILES string of the molecule is CCCOCCCn1c(CCl)nc2cc(F)c(Br)cc21. The summed E-state index contributed by atoms with van der Waals surface area (Å²) in [6, 6.07) is 3.18. The molecule has 0 fully saturated rings. The maximum atomic E-state index is 13.5. The Morgan fingerprint density at radius 2 is 2.20 bits per heavy atom. The average molecular weight is 364 g/mol. The van der Waals surface area contributed by atoms with Crippen molar-refractivity contribution in [1.82, 2.24) is 9.55 Å². The lowest BCUT2D eigenvalue weighted by molar-refractivity contribution is 0.129. The summed E-state index contributed by atoms with van der Waals surface area (Å²) in [6.45, 7) is 4.34. The summed E-state index contributed by atoms with van der Waals surface area (Å²) in [5.74, 6) is 0.758. The van der Waals surface area contributed by atoms with Crippen LogP contribution >= 0.6 is 27.5 Å². The third-order valence-electron chi connectivity index (χ3n) is 3.01. The van der Waals surface area contributed by atoms with Gasteiger partial charge in [-0.2, -0.15) is 0 Å². The summed E-state index contributed by atoms with van der Waals surface area (Å²) in [6.07, 6.45) is 1.90. The summed E-state index contributed by atoms with van der Waals surface area (Å²) in [5, 5.41) is 0. The van der Waals surface area contributed by atoms with Crippen LogP contribution in [0.4, 0.5) is 4.39 Å². The molecule has 0 bridgehead atoms. The minimum atomic E-state index is -0.311. The maximum Gasteiger partial charge on any atom is 0.139 e. The van der Waals surface area contributed by atoms with Crippen molar-refractivity contribution in [3.63, 3.8) is 0 Å². The summed E-state index contributed by atoms with van der Waals surface area (Å²) < 4.78 is 21.5. The molecule has 20 heavy (non-hydrogen) atoms. The molecular weight excluding hydrogens is 347 g/mol. The first kappa shape index (κ1) is 15.7. The first-order valence-corrected chi connectivity index (χ1v) is 7.98. The van der Waals surface area contributed by atoms with Gasteiger partial charge in [-0.05, 0) is 34.8 Å². The van der Waals surface area contributed by atoms with Gasteiger partial charge in [-0.15, -0.1) is 11.6 Å². The lowest BCUT2D eigenvalue weighted by Gasteiger charge is -2.08. The molecule has 2 aromatic rings. The molecule has 0 aliphatic carbocycles. The zero-order valence-corrected chi connectivity index (χ0v) is 13.7. The fourth-order valence-electron chi connectivity index (χ4n) is 2.09. The van der Waals surface area contributed by atoms with Crippen molar-refractivity contribution in [3.05, 3.63) is 28.2 Å². The lowest BCUT2D eigenvalue weighted by atomic mass is 10.3. The normalized spacial score (nSPS) is 11.4. The molecule has 0 N–H and O–H groups in total. The number of alkyl halides is 1. The van der Waals surface area contributed by atoms with Crippen molar-refractivity contribution >= 4 is 38.6 Å². The van der Waals surface area contributed by atoms with Gasteiger partial charge in [0.15, 0.2) is 0 Å². The van der Waals surface area contributed by atoms with E-state index >= 15 is 0 Å². The van der Waals surface area contributed by atoms with Crippen molar-refractivity contribution in [2.24, 2.45) is 0 Å². The molecule has 1 heterocycles. The molecule has 3 nitrogen and oxygen atoms in total. The zero-order valence-electron chi connectivity index (χ0n) is 11.3. The molecule has 0 radical (unpaired) electrons. The highest BCUT2D eigenvalue weighted by atomic mass is 79.9. The molecule has 0 amide bonds. The van der Waals surface area contributed by atoms with Crippen LogP contribution in [0.1, 0.15) is 25.6 Å². The van der Waals surface area contributed by atoms with Gasteiger partial charge in [-0.1, -0.05) is 6.92 Å². The predicted octanol–water partition coefficient (Wildman–Crippen LogP) is 4.49. The van der Waals surface area contributed by atoms with Gasteiger partial charge in [0.05, 0.1) is 21.4 Å². The van der Waals surface area contributed by atoms with E-state index < -0.39 is 0 Å². The Balaban J connectivity index is 2.19. The summed E-state index contributed by atoms with van der Waals surface area (Å²) in [5.41, 5.74) is 1.53. The number of hydrogen-bond acceptors (Lipinski definition) is 2. The van der Waals surface area contributed by atoms with Gasteiger partial charge in [0, 0.05) is 25.8 Å². The Bertz CT molecular complexity index is 588. The Labute approximate surface area is 131 Å². The van der Waals surface area contributed by atoms with Gasteiger partial charge in [-0.25, -0.2) is 9.37 Å². The fourth-order valence-corrected chi connectivity index (χ4v) is 2.63. The number of aryl methyl sites for hydroxylation is 1. The number of rotatable bonds is 7.